The van der Waals surface area contributed by atoms with Crippen LogP contribution >= 0.6 is 12.2 Å². The van der Waals surface area contributed by atoms with Gasteiger partial charge in [-0.25, -0.2) is 0 Å². The maximum atomic E-state index is 12.5. The lowest BCUT2D eigenvalue weighted by Gasteiger charge is -2.17. The molecule has 2 amide bonds. The van der Waals surface area contributed by atoms with Gasteiger partial charge in [0.25, 0.3) is 11.8 Å². The molecule has 1 unspecified atom stereocenters. The van der Waals surface area contributed by atoms with Gasteiger partial charge in [-0.2, -0.15) is 0 Å². The minimum absolute atomic E-state index is 0.0550. The maximum Gasteiger partial charge on any atom is 0.279 e. The number of thiocarbonyl (C=S) groups is 1. The minimum atomic E-state index is -0.790. The number of rotatable bonds is 6. The molecule has 1 atom stereocenters. The van der Waals surface area contributed by atoms with Gasteiger partial charge in [-0.05, 0) is 68.0 Å². The number of amides is 2. The second-order valence-electron chi connectivity index (χ2n) is 7.33. The summed E-state index contributed by atoms with van der Waals surface area (Å²) >= 11 is 5.11. The van der Waals surface area contributed by atoms with Crippen molar-refractivity contribution in [3.8, 4) is 11.5 Å². The first-order valence-corrected chi connectivity index (χ1v) is 10.6. The summed E-state index contributed by atoms with van der Waals surface area (Å²) in [5.74, 6) is 0.125. The van der Waals surface area contributed by atoms with Gasteiger partial charge in [0, 0.05) is 0 Å². The molecule has 32 heavy (non-hydrogen) atoms. The highest BCUT2D eigenvalue weighted by Gasteiger charge is 2.17. The lowest BCUT2D eigenvalue weighted by atomic mass is 10.1. The van der Waals surface area contributed by atoms with Crippen molar-refractivity contribution in [3.63, 3.8) is 0 Å². The highest BCUT2D eigenvalue weighted by molar-refractivity contribution is 7.80. The molecule has 3 N–H and O–H groups in total. The summed E-state index contributed by atoms with van der Waals surface area (Å²) < 4.78 is 11.4. The lowest BCUT2D eigenvalue weighted by molar-refractivity contribution is -0.127. The number of carbonyl (C=O) groups is 2. The van der Waals surface area contributed by atoms with Crippen LogP contribution in [0.15, 0.2) is 66.7 Å². The van der Waals surface area contributed by atoms with Gasteiger partial charge in [0.2, 0.25) is 0 Å². The topological polar surface area (TPSA) is 88.7 Å². The number of hydrogen-bond donors (Lipinski definition) is 3. The van der Waals surface area contributed by atoms with Crippen LogP contribution in [0, 0.1) is 0 Å². The lowest BCUT2D eigenvalue weighted by Crippen LogP contribution is -2.51. The molecule has 0 radical (unpaired) electrons. The van der Waals surface area contributed by atoms with Crippen LogP contribution in [0.3, 0.4) is 0 Å². The average molecular weight is 452 g/mol. The van der Waals surface area contributed by atoms with Crippen LogP contribution in [0.25, 0.3) is 10.8 Å². The fourth-order valence-electron chi connectivity index (χ4n) is 2.93. The van der Waals surface area contributed by atoms with Gasteiger partial charge in [-0.15, -0.1) is 0 Å². The number of para-hydroxylation sites is 1. The number of hydrazine groups is 1. The first kappa shape index (κ1) is 23.0. The monoisotopic (exact) mass is 451 g/mol. The highest BCUT2D eigenvalue weighted by Crippen LogP contribution is 2.21. The molecule has 166 valence electrons. The number of benzene rings is 3. The van der Waals surface area contributed by atoms with Crippen molar-refractivity contribution in [2.24, 2.45) is 0 Å². The van der Waals surface area contributed by atoms with Gasteiger partial charge < -0.3 is 9.47 Å². The molecular weight excluding hydrogens is 426 g/mol. The van der Waals surface area contributed by atoms with E-state index in [1.54, 1.807) is 37.3 Å². The van der Waals surface area contributed by atoms with Crippen molar-refractivity contribution in [2.75, 3.05) is 0 Å². The Morgan fingerprint density at radius 3 is 2.28 bits per heavy atom. The van der Waals surface area contributed by atoms with Crippen molar-refractivity contribution < 1.29 is 19.1 Å². The molecule has 7 nitrogen and oxygen atoms in total. The predicted molar refractivity (Wildman–Crippen MR) is 128 cm³/mol. The molecule has 0 heterocycles. The fraction of sp³-hybridized carbons (Fsp3) is 0.208. The summed E-state index contributed by atoms with van der Waals surface area (Å²) in [6.07, 6.45) is -0.875. The van der Waals surface area contributed by atoms with Gasteiger partial charge in [0.05, 0.1) is 11.7 Å². The molecular formula is C24H25N3O4S. The van der Waals surface area contributed by atoms with E-state index in [1.807, 2.05) is 50.2 Å². The van der Waals surface area contributed by atoms with Crippen LogP contribution in [-0.4, -0.2) is 29.1 Å². The molecule has 0 aliphatic rings. The van der Waals surface area contributed by atoms with E-state index in [0.717, 1.165) is 10.8 Å². The molecule has 8 heteroatoms. The van der Waals surface area contributed by atoms with Crippen molar-refractivity contribution in [1.82, 2.24) is 16.2 Å². The van der Waals surface area contributed by atoms with Crippen molar-refractivity contribution in [1.29, 1.82) is 0 Å². The standard InChI is InChI=1S/C24H25N3O4S/c1-15(2)30-21-11-7-6-10-20(21)23(29)25-24(32)27-26-22(28)16(3)31-19-13-12-17-8-4-5-9-18(17)14-19/h4-16H,1-3H3,(H,26,28)(H2,25,27,29,32). The number of ether oxygens (including phenoxy) is 2. The van der Waals surface area contributed by atoms with E-state index >= 15 is 0 Å². The molecule has 0 aliphatic carbocycles. The van der Waals surface area contributed by atoms with Crippen LogP contribution in [0.2, 0.25) is 0 Å². The van der Waals surface area contributed by atoms with Crippen LogP contribution in [0.5, 0.6) is 11.5 Å². The first-order valence-electron chi connectivity index (χ1n) is 10.2. The van der Waals surface area contributed by atoms with Gasteiger partial charge in [-0.3, -0.25) is 25.8 Å². The summed E-state index contributed by atoms with van der Waals surface area (Å²) in [4.78, 5) is 24.9. The summed E-state index contributed by atoms with van der Waals surface area (Å²) in [5.41, 5.74) is 5.30. The number of hydrogen-bond acceptors (Lipinski definition) is 5. The molecule has 3 rings (SSSR count). The second kappa shape index (κ2) is 10.6. The third-order valence-electron chi connectivity index (χ3n) is 4.42. The second-order valence-corrected chi connectivity index (χ2v) is 7.74. The van der Waals surface area contributed by atoms with E-state index in [2.05, 4.69) is 16.2 Å². The number of fused-ring (bicyclic) bond motifs is 1. The van der Waals surface area contributed by atoms with Crippen LogP contribution in [0.4, 0.5) is 0 Å². The Bertz CT molecular complexity index is 1130. The van der Waals surface area contributed by atoms with Crippen LogP contribution < -0.4 is 25.6 Å². The molecule has 3 aromatic carbocycles. The Morgan fingerprint density at radius 2 is 1.53 bits per heavy atom. The molecule has 0 saturated carbocycles. The minimum Gasteiger partial charge on any atom is -0.490 e. The van der Waals surface area contributed by atoms with Crippen molar-refractivity contribution >= 4 is 39.9 Å². The quantitative estimate of drug-likeness (QED) is 0.391. The van der Waals surface area contributed by atoms with Crippen LogP contribution in [-0.2, 0) is 4.79 Å². The van der Waals surface area contributed by atoms with Gasteiger partial charge >= 0.3 is 0 Å². The van der Waals surface area contributed by atoms with E-state index in [9.17, 15) is 9.59 Å². The third kappa shape index (κ3) is 6.18. The van der Waals surface area contributed by atoms with Gasteiger partial charge in [-0.1, -0.05) is 42.5 Å². The average Bonchev–Trinajstić information content (AvgIpc) is 2.77. The zero-order chi connectivity index (χ0) is 23.1. The number of carbonyl (C=O) groups excluding carboxylic acids is 2. The Labute approximate surface area is 192 Å². The first-order chi connectivity index (χ1) is 15.3. The molecule has 0 aromatic heterocycles. The van der Waals surface area contributed by atoms with E-state index in [-0.39, 0.29) is 11.2 Å². The fourth-order valence-corrected chi connectivity index (χ4v) is 3.07. The smallest absolute Gasteiger partial charge is 0.279 e. The Balaban J connectivity index is 1.51. The summed E-state index contributed by atoms with van der Waals surface area (Å²) in [5, 5.41) is 4.56. The van der Waals surface area contributed by atoms with E-state index < -0.39 is 17.9 Å². The molecule has 0 bridgehead atoms. The molecule has 0 aliphatic heterocycles. The normalized spacial score (nSPS) is 11.5. The SMILES string of the molecule is CC(C)Oc1ccccc1C(=O)NC(=S)NNC(=O)C(C)Oc1ccc2ccccc2c1. The summed E-state index contributed by atoms with van der Waals surface area (Å²) in [6.45, 7) is 5.36. The molecule has 0 saturated heterocycles. The number of nitrogens with one attached hydrogen (secondary N) is 3. The Hall–Kier alpha value is -3.65. The van der Waals surface area contributed by atoms with E-state index in [1.165, 1.54) is 0 Å². The predicted octanol–water partition coefficient (Wildman–Crippen LogP) is 3.73. The highest BCUT2D eigenvalue weighted by atomic mass is 32.1. The summed E-state index contributed by atoms with van der Waals surface area (Å²) in [7, 11) is 0. The van der Waals surface area contributed by atoms with Crippen molar-refractivity contribution in [3.05, 3.63) is 72.3 Å². The van der Waals surface area contributed by atoms with Crippen LogP contribution in [0.1, 0.15) is 31.1 Å². The zero-order valence-electron chi connectivity index (χ0n) is 18.0. The summed E-state index contributed by atoms with van der Waals surface area (Å²) in [6, 6.07) is 20.3. The molecule has 0 fully saturated rings. The Kier molecular flexibility index (Phi) is 7.62. The maximum absolute atomic E-state index is 12.5. The third-order valence-corrected chi connectivity index (χ3v) is 4.63. The van der Waals surface area contributed by atoms with Gasteiger partial charge in [0.15, 0.2) is 11.2 Å². The molecule has 0 spiro atoms. The van der Waals surface area contributed by atoms with E-state index in [0.29, 0.717) is 17.1 Å². The van der Waals surface area contributed by atoms with E-state index in [4.69, 9.17) is 21.7 Å². The zero-order valence-corrected chi connectivity index (χ0v) is 18.9. The Morgan fingerprint density at radius 1 is 0.844 bits per heavy atom. The van der Waals surface area contributed by atoms with Gasteiger partial charge in [0.1, 0.15) is 11.5 Å². The molecule has 3 aromatic rings. The van der Waals surface area contributed by atoms with Crippen molar-refractivity contribution in [2.45, 2.75) is 33.0 Å². The largest absolute Gasteiger partial charge is 0.490 e.